The average Bonchev–Trinajstić information content (AvgIpc) is 3.26. The summed E-state index contributed by atoms with van der Waals surface area (Å²) in [7, 11) is 0. The highest BCUT2D eigenvalue weighted by molar-refractivity contribution is 5.83. The van der Waals surface area contributed by atoms with Gasteiger partial charge in [0.05, 0.1) is 11.0 Å². The molecule has 2 aromatic heterocycles. The molecule has 0 atom stereocenters. The highest BCUT2D eigenvalue weighted by atomic mass is 16.5. The average molecular weight is 389 g/mol. The van der Waals surface area contributed by atoms with E-state index in [2.05, 4.69) is 62.6 Å². The third-order valence-corrected chi connectivity index (χ3v) is 5.92. The van der Waals surface area contributed by atoms with Gasteiger partial charge in [0.2, 0.25) is 5.89 Å². The zero-order valence-corrected chi connectivity index (χ0v) is 17.5. The molecule has 3 heterocycles. The summed E-state index contributed by atoms with van der Waals surface area (Å²) in [5.74, 6) is 1.70. The van der Waals surface area contributed by atoms with Gasteiger partial charge in [0, 0.05) is 24.8 Å². The molecule has 0 aliphatic carbocycles. The van der Waals surface area contributed by atoms with E-state index in [4.69, 9.17) is 19.1 Å². The van der Waals surface area contributed by atoms with Crippen molar-refractivity contribution in [1.82, 2.24) is 14.5 Å². The van der Waals surface area contributed by atoms with Gasteiger partial charge in [-0.05, 0) is 61.1 Å². The van der Waals surface area contributed by atoms with Crippen LogP contribution in [0.4, 0.5) is 0 Å². The Kier molecular flexibility index (Phi) is 4.24. The zero-order chi connectivity index (χ0) is 20.2. The van der Waals surface area contributed by atoms with Crippen LogP contribution in [-0.4, -0.2) is 27.7 Å². The molecule has 150 valence electrons. The van der Waals surface area contributed by atoms with Crippen LogP contribution in [0.15, 0.2) is 40.8 Å². The fourth-order valence-electron chi connectivity index (χ4n) is 4.27. The molecule has 0 saturated carbocycles. The first-order valence-electron chi connectivity index (χ1n) is 10.4. The molecule has 29 heavy (non-hydrogen) atoms. The quantitative estimate of drug-likeness (QED) is 0.435. The highest BCUT2D eigenvalue weighted by Crippen LogP contribution is 2.32. The van der Waals surface area contributed by atoms with Gasteiger partial charge >= 0.3 is 0 Å². The number of imidazole rings is 1. The van der Waals surface area contributed by atoms with Gasteiger partial charge in [-0.1, -0.05) is 26.8 Å². The summed E-state index contributed by atoms with van der Waals surface area (Å²) in [5, 5.41) is 0. The van der Waals surface area contributed by atoms with Crippen molar-refractivity contribution < 1.29 is 9.15 Å². The normalized spacial score (nSPS) is 16.1. The molecule has 0 radical (unpaired) electrons. The van der Waals surface area contributed by atoms with Gasteiger partial charge in [-0.3, -0.25) is 0 Å². The summed E-state index contributed by atoms with van der Waals surface area (Å²) < 4.78 is 14.0. The predicted molar refractivity (Wildman–Crippen MR) is 115 cm³/mol. The van der Waals surface area contributed by atoms with Gasteiger partial charge in [-0.25, -0.2) is 9.97 Å². The molecule has 0 amide bonds. The van der Waals surface area contributed by atoms with Crippen LogP contribution >= 0.6 is 0 Å². The van der Waals surface area contributed by atoms with Crippen molar-refractivity contribution in [2.24, 2.45) is 0 Å². The number of fused-ring (bicyclic) bond motifs is 2. The van der Waals surface area contributed by atoms with Gasteiger partial charge in [0.25, 0.3) is 0 Å². The minimum Gasteiger partial charge on any atom is -0.436 e. The van der Waals surface area contributed by atoms with E-state index in [-0.39, 0.29) is 5.41 Å². The summed E-state index contributed by atoms with van der Waals surface area (Å²) in [5.41, 5.74) is 6.18. The van der Waals surface area contributed by atoms with E-state index in [1.165, 1.54) is 11.1 Å². The molecule has 5 nitrogen and oxygen atoms in total. The van der Waals surface area contributed by atoms with Gasteiger partial charge < -0.3 is 13.7 Å². The fourth-order valence-corrected chi connectivity index (χ4v) is 4.27. The Morgan fingerprint density at radius 1 is 0.966 bits per heavy atom. The van der Waals surface area contributed by atoms with Crippen LogP contribution < -0.4 is 0 Å². The minimum absolute atomic E-state index is 0.0841. The largest absolute Gasteiger partial charge is 0.436 e. The number of benzene rings is 2. The Bertz CT molecular complexity index is 1190. The molecule has 0 spiro atoms. The van der Waals surface area contributed by atoms with Crippen molar-refractivity contribution in [3.05, 3.63) is 47.8 Å². The zero-order valence-electron chi connectivity index (χ0n) is 17.5. The molecule has 1 fully saturated rings. The van der Waals surface area contributed by atoms with Crippen LogP contribution in [0.3, 0.4) is 0 Å². The number of rotatable bonds is 2. The predicted octanol–water partition coefficient (Wildman–Crippen LogP) is 5.80. The lowest BCUT2D eigenvalue weighted by Crippen LogP contribution is -2.20. The molecule has 0 unspecified atom stereocenters. The van der Waals surface area contributed by atoms with Crippen molar-refractivity contribution in [2.75, 3.05) is 13.2 Å². The van der Waals surface area contributed by atoms with Crippen LogP contribution in [0.25, 0.3) is 33.6 Å². The topological polar surface area (TPSA) is 53.1 Å². The summed E-state index contributed by atoms with van der Waals surface area (Å²) in [4.78, 5) is 9.59. The fraction of sp³-hybridized carbons (Fsp3) is 0.417. The van der Waals surface area contributed by atoms with E-state index in [1.807, 2.05) is 6.07 Å². The van der Waals surface area contributed by atoms with Crippen molar-refractivity contribution in [3.8, 4) is 11.5 Å². The SMILES string of the molecule is Cc1nc2cc(-c3nc4cc(C(C)(C)C)ccc4o3)ccc2n1C1CCOCC1. The van der Waals surface area contributed by atoms with E-state index in [9.17, 15) is 0 Å². The van der Waals surface area contributed by atoms with Crippen molar-refractivity contribution in [2.45, 2.75) is 52.0 Å². The number of oxazole rings is 1. The molecule has 5 rings (SSSR count). The molecular weight excluding hydrogens is 362 g/mol. The van der Waals surface area contributed by atoms with Crippen molar-refractivity contribution in [3.63, 3.8) is 0 Å². The summed E-state index contributed by atoms with van der Waals surface area (Å²) >= 11 is 0. The maximum Gasteiger partial charge on any atom is 0.227 e. The Morgan fingerprint density at radius 3 is 2.52 bits per heavy atom. The van der Waals surface area contributed by atoms with Crippen LogP contribution in [0, 0.1) is 6.92 Å². The van der Waals surface area contributed by atoms with Crippen LogP contribution in [-0.2, 0) is 10.2 Å². The van der Waals surface area contributed by atoms with Crippen LogP contribution in [0.5, 0.6) is 0 Å². The Hall–Kier alpha value is -2.66. The molecule has 0 N–H and O–H groups in total. The minimum atomic E-state index is 0.0841. The van der Waals surface area contributed by atoms with E-state index >= 15 is 0 Å². The lowest BCUT2D eigenvalue weighted by atomic mass is 9.87. The summed E-state index contributed by atoms with van der Waals surface area (Å²) in [6.45, 7) is 10.4. The maximum absolute atomic E-state index is 6.06. The molecule has 2 aromatic carbocycles. The molecule has 1 aliphatic rings. The van der Waals surface area contributed by atoms with E-state index in [1.54, 1.807) is 0 Å². The van der Waals surface area contributed by atoms with Gasteiger partial charge in [0.15, 0.2) is 5.58 Å². The molecule has 5 heteroatoms. The number of hydrogen-bond donors (Lipinski definition) is 0. The molecule has 0 bridgehead atoms. The standard InChI is InChI=1S/C24H27N3O2/c1-15-25-19-13-16(5-7-21(19)27(15)18-9-11-28-12-10-18)23-26-20-14-17(24(2,3)4)6-8-22(20)29-23/h5-8,13-14,18H,9-12H2,1-4H3. The lowest BCUT2D eigenvalue weighted by Gasteiger charge is -2.25. The Balaban J connectivity index is 1.55. The summed E-state index contributed by atoms with van der Waals surface area (Å²) in [6, 6.07) is 13.1. The number of hydrogen-bond acceptors (Lipinski definition) is 4. The first-order chi connectivity index (χ1) is 13.9. The van der Waals surface area contributed by atoms with Crippen molar-refractivity contribution in [1.29, 1.82) is 0 Å². The number of nitrogens with zero attached hydrogens (tertiary/aromatic N) is 3. The van der Waals surface area contributed by atoms with Gasteiger partial charge in [-0.2, -0.15) is 0 Å². The Labute approximate surface area is 170 Å². The van der Waals surface area contributed by atoms with E-state index in [0.29, 0.717) is 11.9 Å². The molecule has 1 aliphatic heterocycles. The first kappa shape index (κ1) is 18.4. The molecule has 1 saturated heterocycles. The van der Waals surface area contributed by atoms with E-state index < -0.39 is 0 Å². The first-order valence-corrected chi connectivity index (χ1v) is 10.4. The second kappa shape index (κ2) is 6.70. The second-order valence-electron chi connectivity index (χ2n) is 9.03. The third kappa shape index (κ3) is 3.23. The maximum atomic E-state index is 6.06. The smallest absolute Gasteiger partial charge is 0.227 e. The van der Waals surface area contributed by atoms with Crippen LogP contribution in [0.2, 0.25) is 0 Å². The number of aromatic nitrogens is 3. The molecule has 4 aromatic rings. The lowest BCUT2D eigenvalue weighted by molar-refractivity contribution is 0.0701. The highest BCUT2D eigenvalue weighted by Gasteiger charge is 2.21. The second-order valence-corrected chi connectivity index (χ2v) is 9.03. The van der Waals surface area contributed by atoms with Crippen LogP contribution in [0.1, 0.15) is 51.0 Å². The van der Waals surface area contributed by atoms with Gasteiger partial charge in [0.1, 0.15) is 11.3 Å². The van der Waals surface area contributed by atoms with E-state index in [0.717, 1.165) is 54.1 Å². The number of aryl methyl sites for hydroxylation is 1. The monoisotopic (exact) mass is 389 g/mol. The number of ether oxygens (including phenoxy) is 1. The van der Waals surface area contributed by atoms with Crippen molar-refractivity contribution >= 4 is 22.1 Å². The molecular formula is C24H27N3O2. The summed E-state index contributed by atoms with van der Waals surface area (Å²) in [6.07, 6.45) is 2.07. The van der Waals surface area contributed by atoms with Gasteiger partial charge in [-0.15, -0.1) is 0 Å². The Morgan fingerprint density at radius 2 is 1.76 bits per heavy atom. The third-order valence-electron chi connectivity index (χ3n) is 5.92.